The largest absolute Gasteiger partial charge is 0.462 e. The number of aliphatic hydroxyl groups is 2. The first kappa shape index (κ1) is 32.6. The van der Waals surface area contributed by atoms with Crippen molar-refractivity contribution in [2.24, 2.45) is 38.9 Å². The molecule has 0 bridgehead atoms. The molecule has 0 heterocycles. The van der Waals surface area contributed by atoms with Gasteiger partial charge in [-0.3, -0.25) is 4.79 Å². The predicted octanol–water partition coefficient (Wildman–Crippen LogP) is 8.32. The van der Waals surface area contributed by atoms with Gasteiger partial charge in [-0.2, -0.15) is 0 Å². The summed E-state index contributed by atoms with van der Waals surface area (Å²) in [5.41, 5.74) is -0.201. The Balaban J connectivity index is 2.34. The third-order valence-electron chi connectivity index (χ3n) is 12.0. The van der Waals surface area contributed by atoms with Gasteiger partial charge in [0.1, 0.15) is 5.60 Å². The lowest BCUT2D eigenvalue weighted by atomic mass is 9.38. The Morgan fingerprint density at radius 3 is 2.08 bits per heavy atom. The number of hydrogen-bond acceptors (Lipinski definition) is 4. The van der Waals surface area contributed by atoms with E-state index in [0.717, 1.165) is 57.8 Å². The quantitative estimate of drug-likeness (QED) is 0.239. The van der Waals surface area contributed by atoms with Gasteiger partial charge in [0.2, 0.25) is 0 Å². The van der Waals surface area contributed by atoms with Crippen LogP contribution >= 0.6 is 0 Å². The number of hydrogen-bond donors (Lipinski definition) is 2. The number of ether oxygens (including phenoxy) is 1. The summed E-state index contributed by atoms with van der Waals surface area (Å²) in [6.07, 6.45) is 10.4. The summed E-state index contributed by atoms with van der Waals surface area (Å²) in [5.74, 6) is 0.808. The number of rotatable bonds is 13. The molecule has 2 aliphatic carbocycles. The van der Waals surface area contributed by atoms with E-state index in [-0.39, 0.29) is 39.3 Å². The molecule has 2 fully saturated rings. The third kappa shape index (κ3) is 6.76. The van der Waals surface area contributed by atoms with Crippen molar-refractivity contribution in [3.8, 4) is 0 Å². The zero-order valence-corrected chi connectivity index (χ0v) is 26.4. The van der Waals surface area contributed by atoms with Gasteiger partial charge in [-0.1, -0.05) is 68.7 Å². The van der Waals surface area contributed by atoms with Crippen LogP contribution in [0.1, 0.15) is 147 Å². The van der Waals surface area contributed by atoms with Gasteiger partial charge in [-0.05, 0) is 117 Å². The number of aliphatic hydroxyl groups excluding tert-OH is 2. The van der Waals surface area contributed by atoms with E-state index >= 15 is 0 Å². The van der Waals surface area contributed by atoms with Crippen molar-refractivity contribution in [1.29, 1.82) is 0 Å². The Morgan fingerprint density at radius 1 is 0.946 bits per heavy atom. The lowest BCUT2D eigenvalue weighted by Gasteiger charge is -2.67. The maximum Gasteiger partial charge on any atom is 0.293 e. The highest BCUT2D eigenvalue weighted by Crippen LogP contribution is 2.69. The summed E-state index contributed by atoms with van der Waals surface area (Å²) < 4.78 is 5.81. The van der Waals surface area contributed by atoms with E-state index in [0.29, 0.717) is 18.3 Å². The molecule has 0 saturated heterocycles. The molecule has 4 heteroatoms. The number of fused-ring (bicyclic) bond motifs is 1. The molecular weight excluding hydrogens is 460 g/mol. The van der Waals surface area contributed by atoms with Crippen molar-refractivity contribution in [2.45, 2.75) is 165 Å². The fourth-order valence-corrected chi connectivity index (χ4v) is 8.85. The van der Waals surface area contributed by atoms with Gasteiger partial charge in [0.25, 0.3) is 6.47 Å². The van der Waals surface area contributed by atoms with E-state index in [1.54, 1.807) is 0 Å². The fraction of sp³-hybridized carbons (Fsp3) is 0.970. The molecule has 0 aromatic rings. The SMILES string of the molecule is CCCC(C)(C)CC[C@@](C)(CCC(C)(C)[C@]1(C)CC[C@H]2C(C)(C)[C@@H](O)CC[C@]2(C)[C@H]1C[C@H](C)O)OC=O. The molecule has 0 unspecified atom stereocenters. The zero-order chi connectivity index (χ0) is 28.5. The van der Waals surface area contributed by atoms with Crippen LogP contribution in [-0.2, 0) is 9.53 Å². The van der Waals surface area contributed by atoms with Gasteiger partial charge in [0, 0.05) is 0 Å². The maximum absolute atomic E-state index is 11.5. The average Bonchev–Trinajstić information content (AvgIpc) is 2.77. The van der Waals surface area contributed by atoms with Gasteiger partial charge in [0.15, 0.2) is 0 Å². The highest BCUT2D eigenvalue weighted by atomic mass is 16.5. The van der Waals surface area contributed by atoms with Crippen molar-refractivity contribution >= 4 is 6.47 Å². The zero-order valence-electron chi connectivity index (χ0n) is 26.4. The van der Waals surface area contributed by atoms with Crippen molar-refractivity contribution in [3.05, 3.63) is 0 Å². The highest BCUT2D eigenvalue weighted by molar-refractivity contribution is 5.38. The lowest BCUT2D eigenvalue weighted by molar-refractivity contribution is -0.203. The predicted molar refractivity (Wildman–Crippen MR) is 154 cm³/mol. The molecule has 2 aliphatic rings. The maximum atomic E-state index is 11.5. The van der Waals surface area contributed by atoms with Crippen molar-refractivity contribution < 1.29 is 19.7 Å². The Hall–Kier alpha value is -0.610. The summed E-state index contributed by atoms with van der Waals surface area (Å²) >= 11 is 0. The van der Waals surface area contributed by atoms with E-state index in [9.17, 15) is 15.0 Å². The lowest BCUT2D eigenvalue weighted by Crippen LogP contribution is -2.61. The second-order valence-corrected chi connectivity index (χ2v) is 16.0. The summed E-state index contributed by atoms with van der Waals surface area (Å²) in [5, 5.41) is 21.6. The van der Waals surface area contributed by atoms with Crippen molar-refractivity contribution in [1.82, 2.24) is 0 Å². The molecule has 4 nitrogen and oxygen atoms in total. The number of carbonyl (C=O) groups is 1. The van der Waals surface area contributed by atoms with Crippen LogP contribution in [0, 0.1) is 38.9 Å². The van der Waals surface area contributed by atoms with Gasteiger partial charge < -0.3 is 14.9 Å². The van der Waals surface area contributed by atoms with Crippen LogP contribution in [0.25, 0.3) is 0 Å². The molecule has 0 aromatic carbocycles. The molecule has 0 radical (unpaired) electrons. The highest BCUT2D eigenvalue weighted by Gasteiger charge is 2.63. The van der Waals surface area contributed by atoms with Crippen LogP contribution in [0.5, 0.6) is 0 Å². The van der Waals surface area contributed by atoms with Crippen LogP contribution in [0.2, 0.25) is 0 Å². The normalized spacial score (nSPS) is 34.8. The Morgan fingerprint density at radius 2 is 1.54 bits per heavy atom. The minimum atomic E-state index is -0.460. The average molecular weight is 523 g/mol. The molecular formula is C33H62O4. The Bertz CT molecular complexity index is 755. The summed E-state index contributed by atoms with van der Waals surface area (Å²) in [4.78, 5) is 11.5. The molecule has 2 N–H and O–H groups in total. The second-order valence-electron chi connectivity index (χ2n) is 16.0. The van der Waals surface area contributed by atoms with Crippen LogP contribution in [-0.4, -0.2) is 34.5 Å². The van der Waals surface area contributed by atoms with E-state index < -0.39 is 5.60 Å². The van der Waals surface area contributed by atoms with E-state index in [2.05, 4.69) is 69.2 Å². The first-order chi connectivity index (χ1) is 16.8. The van der Waals surface area contributed by atoms with Crippen LogP contribution in [0.3, 0.4) is 0 Å². The molecule has 2 rings (SSSR count). The van der Waals surface area contributed by atoms with E-state index in [4.69, 9.17) is 4.74 Å². The third-order valence-corrected chi connectivity index (χ3v) is 12.0. The molecule has 0 aliphatic heterocycles. The molecule has 0 aromatic heterocycles. The first-order valence-corrected chi connectivity index (χ1v) is 15.3. The standard InChI is InChI=1S/C33H62O4/c1-12-15-28(3,4)18-20-31(9,37-23-34)21-19-29(5,6)33(11)17-13-25-30(7,8)27(36)14-16-32(25,10)26(33)22-24(2)35/h23-27,35-36H,12-22H2,1-11H3/t24-,25-,26+,27-,31-,32-,33+/m0/s1. The molecule has 0 spiro atoms. The van der Waals surface area contributed by atoms with E-state index in [1.807, 2.05) is 6.92 Å². The van der Waals surface area contributed by atoms with E-state index in [1.165, 1.54) is 12.8 Å². The fourth-order valence-electron chi connectivity index (χ4n) is 8.85. The van der Waals surface area contributed by atoms with Gasteiger partial charge >= 0.3 is 0 Å². The van der Waals surface area contributed by atoms with Crippen LogP contribution in [0.15, 0.2) is 0 Å². The molecule has 2 saturated carbocycles. The van der Waals surface area contributed by atoms with Crippen LogP contribution < -0.4 is 0 Å². The van der Waals surface area contributed by atoms with Crippen molar-refractivity contribution in [3.63, 3.8) is 0 Å². The molecule has 37 heavy (non-hydrogen) atoms. The van der Waals surface area contributed by atoms with Gasteiger partial charge in [-0.15, -0.1) is 0 Å². The Kier molecular flexibility index (Phi) is 10.1. The molecule has 7 atom stereocenters. The summed E-state index contributed by atoms with van der Waals surface area (Å²) in [6, 6.07) is 0. The van der Waals surface area contributed by atoms with Gasteiger partial charge in [-0.25, -0.2) is 0 Å². The molecule has 0 amide bonds. The summed E-state index contributed by atoms with van der Waals surface area (Å²) in [7, 11) is 0. The van der Waals surface area contributed by atoms with Crippen molar-refractivity contribution in [2.75, 3.05) is 0 Å². The minimum absolute atomic E-state index is 0.00713. The summed E-state index contributed by atoms with van der Waals surface area (Å²) in [6.45, 7) is 25.9. The topological polar surface area (TPSA) is 66.8 Å². The monoisotopic (exact) mass is 522 g/mol. The number of carbonyl (C=O) groups excluding carboxylic acids is 1. The van der Waals surface area contributed by atoms with Crippen LogP contribution in [0.4, 0.5) is 0 Å². The minimum Gasteiger partial charge on any atom is -0.462 e. The first-order valence-electron chi connectivity index (χ1n) is 15.3. The smallest absolute Gasteiger partial charge is 0.293 e. The molecule has 218 valence electrons. The Labute approximate surface area is 229 Å². The van der Waals surface area contributed by atoms with Gasteiger partial charge in [0.05, 0.1) is 12.2 Å². The second kappa shape index (κ2) is 11.5.